The Morgan fingerprint density at radius 2 is 1.47 bits per heavy atom. The molecule has 3 aliphatic carbocycles. The Kier molecular flexibility index (Phi) is 7.41. The van der Waals surface area contributed by atoms with Gasteiger partial charge in [0.05, 0.1) is 0 Å². The van der Waals surface area contributed by atoms with Crippen molar-refractivity contribution in [3.63, 3.8) is 0 Å². The maximum absolute atomic E-state index is 12.1. The van der Waals surface area contributed by atoms with Crippen LogP contribution < -0.4 is 0 Å². The van der Waals surface area contributed by atoms with Gasteiger partial charge in [0.25, 0.3) is 0 Å². The highest BCUT2D eigenvalue weighted by molar-refractivity contribution is 5.68. The standard InChI is InChI=1S/C26H40O6/c1-14-8-10-21-16(3)23-20(15(2)22(11-9-14)30-17(4)27)12-13-26(23,7)25(32-19(6)29)24(21)31-18(5)28/h14,16,20-25H,2,8-13H2,1,3-7H3/t14-,16?,20?,21?,22+,23-,24-,25+,26+/m1/s1. The highest BCUT2D eigenvalue weighted by Gasteiger charge is 2.63. The van der Waals surface area contributed by atoms with Crippen molar-refractivity contribution in [2.75, 3.05) is 0 Å². The predicted molar refractivity (Wildman–Crippen MR) is 120 cm³/mol. The average Bonchev–Trinajstić information content (AvgIpc) is 3.04. The smallest absolute Gasteiger partial charge is 0.303 e. The van der Waals surface area contributed by atoms with Gasteiger partial charge in [0.2, 0.25) is 0 Å². The number of esters is 3. The molecule has 3 fully saturated rings. The predicted octanol–water partition coefficient (Wildman–Crippen LogP) is 4.85. The van der Waals surface area contributed by atoms with Gasteiger partial charge in [0.15, 0.2) is 0 Å². The second-order valence-corrected chi connectivity index (χ2v) is 10.7. The first-order valence-electron chi connectivity index (χ1n) is 12.2. The molecule has 0 heterocycles. The van der Waals surface area contributed by atoms with E-state index in [0.29, 0.717) is 5.92 Å². The molecule has 3 rings (SSSR count). The molecule has 0 N–H and O–H groups in total. The van der Waals surface area contributed by atoms with E-state index in [-0.39, 0.29) is 53.1 Å². The van der Waals surface area contributed by atoms with Crippen LogP contribution in [0.2, 0.25) is 0 Å². The van der Waals surface area contributed by atoms with Gasteiger partial charge >= 0.3 is 17.9 Å². The minimum atomic E-state index is -0.490. The summed E-state index contributed by atoms with van der Waals surface area (Å²) in [5.41, 5.74) is 0.650. The molecule has 0 saturated heterocycles. The van der Waals surface area contributed by atoms with Gasteiger partial charge in [-0.3, -0.25) is 14.4 Å². The maximum atomic E-state index is 12.1. The van der Waals surface area contributed by atoms with Gasteiger partial charge in [0, 0.05) is 32.1 Å². The van der Waals surface area contributed by atoms with Gasteiger partial charge in [-0.05, 0) is 61.3 Å². The van der Waals surface area contributed by atoms with E-state index in [1.54, 1.807) is 0 Å². The molecule has 0 radical (unpaired) electrons. The van der Waals surface area contributed by atoms with Crippen LogP contribution in [0, 0.1) is 35.0 Å². The first-order valence-corrected chi connectivity index (χ1v) is 12.2. The molecule has 180 valence electrons. The Balaban J connectivity index is 2.08. The quantitative estimate of drug-likeness (QED) is 0.349. The Bertz CT molecular complexity index is 759. The van der Waals surface area contributed by atoms with Gasteiger partial charge in [-0.25, -0.2) is 0 Å². The number of hydrogen-bond acceptors (Lipinski definition) is 6. The Hall–Kier alpha value is -1.85. The molecular formula is C26H40O6. The van der Waals surface area contributed by atoms with Crippen molar-refractivity contribution >= 4 is 17.9 Å². The van der Waals surface area contributed by atoms with Crippen LogP contribution in [0.1, 0.15) is 80.1 Å². The highest BCUT2D eigenvalue weighted by Crippen LogP contribution is 2.62. The minimum absolute atomic E-state index is 0.0995. The summed E-state index contributed by atoms with van der Waals surface area (Å²) >= 11 is 0. The lowest BCUT2D eigenvalue weighted by molar-refractivity contribution is -0.209. The average molecular weight is 449 g/mol. The molecule has 3 unspecified atom stereocenters. The van der Waals surface area contributed by atoms with Crippen LogP contribution in [0.5, 0.6) is 0 Å². The fourth-order valence-electron chi connectivity index (χ4n) is 7.12. The van der Waals surface area contributed by atoms with Crippen LogP contribution in [0.25, 0.3) is 0 Å². The van der Waals surface area contributed by atoms with E-state index in [9.17, 15) is 14.4 Å². The normalized spacial score (nSPS) is 41.9. The van der Waals surface area contributed by atoms with E-state index in [1.807, 2.05) is 0 Å². The van der Waals surface area contributed by atoms with Crippen molar-refractivity contribution in [2.24, 2.45) is 35.0 Å². The zero-order valence-corrected chi connectivity index (χ0v) is 20.5. The molecule has 3 saturated carbocycles. The third kappa shape index (κ3) is 4.74. The van der Waals surface area contributed by atoms with E-state index in [0.717, 1.165) is 44.1 Å². The minimum Gasteiger partial charge on any atom is -0.458 e. The molecule has 6 nitrogen and oxygen atoms in total. The van der Waals surface area contributed by atoms with E-state index in [4.69, 9.17) is 14.2 Å². The second kappa shape index (κ2) is 9.56. The van der Waals surface area contributed by atoms with Crippen LogP contribution in [0.3, 0.4) is 0 Å². The van der Waals surface area contributed by atoms with Crippen molar-refractivity contribution in [3.8, 4) is 0 Å². The van der Waals surface area contributed by atoms with Crippen LogP contribution in [-0.2, 0) is 28.6 Å². The van der Waals surface area contributed by atoms with Crippen LogP contribution in [0.4, 0.5) is 0 Å². The second-order valence-electron chi connectivity index (χ2n) is 10.7. The van der Waals surface area contributed by atoms with Crippen LogP contribution >= 0.6 is 0 Å². The molecule has 32 heavy (non-hydrogen) atoms. The maximum Gasteiger partial charge on any atom is 0.303 e. The first kappa shape index (κ1) is 24.8. The van der Waals surface area contributed by atoms with E-state index >= 15 is 0 Å². The lowest BCUT2D eigenvalue weighted by Gasteiger charge is -2.54. The molecule has 9 atom stereocenters. The van der Waals surface area contributed by atoms with Crippen molar-refractivity contribution in [2.45, 2.75) is 98.4 Å². The molecule has 3 aliphatic rings. The highest BCUT2D eigenvalue weighted by atomic mass is 16.6. The molecule has 0 spiro atoms. The zero-order chi connectivity index (χ0) is 23.8. The number of hydrogen-bond donors (Lipinski definition) is 0. The largest absolute Gasteiger partial charge is 0.458 e. The summed E-state index contributed by atoms with van der Waals surface area (Å²) in [5, 5.41) is 0. The van der Waals surface area contributed by atoms with Gasteiger partial charge in [-0.2, -0.15) is 0 Å². The fraction of sp³-hybridized carbons (Fsp3) is 0.808. The molecule has 0 aromatic rings. The third-order valence-electron chi connectivity index (χ3n) is 8.51. The molecule has 0 aromatic carbocycles. The van der Waals surface area contributed by atoms with E-state index < -0.39 is 12.2 Å². The number of ether oxygens (including phenoxy) is 3. The van der Waals surface area contributed by atoms with Gasteiger partial charge in [-0.15, -0.1) is 0 Å². The number of fused-ring (bicyclic) bond motifs is 1. The van der Waals surface area contributed by atoms with E-state index in [2.05, 4.69) is 27.4 Å². The summed E-state index contributed by atoms with van der Waals surface area (Å²) in [6, 6.07) is 0. The van der Waals surface area contributed by atoms with Crippen molar-refractivity contribution in [3.05, 3.63) is 12.2 Å². The summed E-state index contributed by atoms with van der Waals surface area (Å²) in [6.07, 6.45) is 4.12. The molecule has 0 aromatic heterocycles. The van der Waals surface area contributed by atoms with Crippen LogP contribution in [0.15, 0.2) is 12.2 Å². The first-order chi connectivity index (χ1) is 15.0. The number of rotatable bonds is 3. The topological polar surface area (TPSA) is 78.9 Å². The number of carbonyl (C=O) groups excluding carboxylic acids is 3. The molecule has 0 amide bonds. The van der Waals surface area contributed by atoms with Gasteiger partial charge < -0.3 is 14.2 Å². The summed E-state index contributed by atoms with van der Waals surface area (Å²) in [4.78, 5) is 36.1. The molecule has 2 bridgehead atoms. The summed E-state index contributed by atoms with van der Waals surface area (Å²) < 4.78 is 17.6. The molecular weight excluding hydrogens is 408 g/mol. The third-order valence-corrected chi connectivity index (χ3v) is 8.51. The number of carbonyl (C=O) groups is 3. The Labute approximate surface area is 192 Å². The summed E-state index contributed by atoms with van der Waals surface area (Å²) in [5.74, 6) is 0.211. The Morgan fingerprint density at radius 3 is 2.06 bits per heavy atom. The summed E-state index contributed by atoms with van der Waals surface area (Å²) in [6.45, 7) is 15.4. The van der Waals surface area contributed by atoms with Gasteiger partial charge in [-0.1, -0.05) is 33.8 Å². The summed E-state index contributed by atoms with van der Waals surface area (Å²) in [7, 11) is 0. The van der Waals surface area contributed by atoms with Crippen molar-refractivity contribution in [1.29, 1.82) is 0 Å². The van der Waals surface area contributed by atoms with Crippen molar-refractivity contribution < 1.29 is 28.6 Å². The zero-order valence-electron chi connectivity index (χ0n) is 20.5. The SMILES string of the molecule is C=C1C2CC[C@@]3(C)[C@@H]2C(C)C(CC[C@@H](C)CC[C@@H]1OC(C)=O)[C@@H](OC(C)=O)[C@@H]3OC(C)=O. The Morgan fingerprint density at radius 1 is 0.875 bits per heavy atom. The van der Waals surface area contributed by atoms with Crippen LogP contribution in [-0.4, -0.2) is 36.2 Å². The fourth-order valence-corrected chi connectivity index (χ4v) is 7.12. The van der Waals surface area contributed by atoms with Crippen molar-refractivity contribution in [1.82, 2.24) is 0 Å². The lowest BCUT2D eigenvalue weighted by atomic mass is 9.55. The molecule has 0 aliphatic heterocycles. The molecule has 6 heteroatoms. The lowest BCUT2D eigenvalue weighted by Crippen LogP contribution is -2.59. The van der Waals surface area contributed by atoms with Gasteiger partial charge in [0.1, 0.15) is 18.3 Å². The van der Waals surface area contributed by atoms with E-state index in [1.165, 1.54) is 20.8 Å². The monoisotopic (exact) mass is 448 g/mol.